The van der Waals surface area contributed by atoms with Gasteiger partial charge in [-0.25, -0.2) is 8.42 Å². The van der Waals surface area contributed by atoms with Gasteiger partial charge in [0, 0.05) is 16.8 Å². The highest BCUT2D eigenvalue weighted by Gasteiger charge is 2.11. The maximum Gasteiger partial charge on any atom is 0.176 e. The van der Waals surface area contributed by atoms with Crippen LogP contribution in [0.1, 0.15) is 6.92 Å². The van der Waals surface area contributed by atoms with Gasteiger partial charge < -0.3 is 4.74 Å². The van der Waals surface area contributed by atoms with Gasteiger partial charge in [-0.3, -0.25) is 0 Å². The standard InChI is InChI=1S/C15H14BrO3S/c1-3-19-14-6-4-11(5-7-14)12-8-13(16)10-15(9-12)20(2,17)18/h4-8,10H,3H2,1-2H3. The van der Waals surface area contributed by atoms with Crippen LogP contribution in [0.4, 0.5) is 0 Å². The Balaban J connectivity index is 2.44. The van der Waals surface area contributed by atoms with Crippen LogP contribution in [0, 0.1) is 6.07 Å². The molecule has 5 heteroatoms. The van der Waals surface area contributed by atoms with E-state index in [1.807, 2.05) is 37.3 Å². The molecule has 0 spiro atoms. The summed E-state index contributed by atoms with van der Waals surface area (Å²) in [7, 11) is -3.28. The van der Waals surface area contributed by atoms with Gasteiger partial charge in [-0.2, -0.15) is 0 Å². The number of hydrogen-bond acceptors (Lipinski definition) is 3. The van der Waals surface area contributed by atoms with E-state index in [1.54, 1.807) is 6.07 Å². The van der Waals surface area contributed by atoms with Gasteiger partial charge in [-0.15, -0.1) is 0 Å². The molecule has 1 radical (unpaired) electrons. The molecule has 3 nitrogen and oxygen atoms in total. The molecule has 0 aliphatic heterocycles. The molecule has 2 aromatic rings. The van der Waals surface area contributed by atoms with Crippen molar-refractivity contribution in [3.05, 3.63) is 46.9 Å². The van der Waals surface area contributed by atoms with E-state index >= 15 is 0 Å². The van der Waals surface area contributed by atoms with Gasteiger partial charge in [0.1, 0.15) is 5.75 Å². The van der Waals surface area contributed by atoms with E-state index in [-0.39, 0.29) is 4.90 Å². The predicted octanol–water partition coefficient (Wildman–Crippen LogP) is 3.72. The molecule has 0 saturated heterocycles. The predicted molar refractivity (Wildman–Crippen MR) is 82.7 cm³/mol. The van der Waals surface area contributed by atoms with E-state index in [1.165, 1.54) is 6.26 Å². The zero-order valence-electron chi connectivity index (χ0n) is 11.2. The molecule has 2 rings (SSSR count). The van der Waals surface area contributed by atoms with Crippen molar-refractivity contribution < 1.29 is 13.2 Å². The first kappa shape index (κ1) is 15.1. The minimum atomic E-state index is -3.28. The Morgan fingerprint density at radius 2 is 1.85 bits per heavy atom. The van der Waals surface area contributed by atoms with Gasteiger partial charge in [0.2, 0.25) is 0 Å². The molecule has 0 bridgehead atoms. The second-order valence-electron chi connectivity index (χ2n) is 4.31. The van der Waals surface area contributed by atoms with Crippen molar-refractivity contribution >= 4 is 25.8 Å². The lowest BCUT2D eigenvalue weighted by atomic mass is 10.1. The van der Waals surface area contributed by atoms with Crippen LogP contribution >= 0.6 is 15.9 Å². The van der Waals surface area contributed by atoms with Gasteiger partial charge in [0.05, 0.1) is 11.5 Å². The van der Waals surface area contributed by atoms with Crippen molar-refractivity contribution in [1.29, 1.82) is 0 Å². The summed E-state index contributed by atoms with van der Waals surface area (Å²) >= 11 is 3.33. The topological polar surface area (TPSA) is 43.4 Å². The van der Waals surface area contributed by atoms with E-state index in [0.717, 1.165) is 16.9 Å². The average molecular weight is 354 g/mol. The van der Waals surface area contributed by atoms with Crippen molar-refractivity contribution in [2.75, 3.05) is 12.9 Å². The summed E-state index contributed by atoms with van der Waals surface area (Å²) in [4.78, 5) is 0.177. The van der Waals surface area contributed by atoms with E-state index in [2.05, 4.69) is 22.0 Å². The molecule has 2 aromatic carbocycles. The smallest absolute Gasteiger partial charge is 0.176 e. The van der Waals surface area contributed by atoms with Crippen molar-refractivity contribution in [2.45, 2.75) is 11.8 Å². The normalized spacial score (nSPS) is 11.3. The Hall–Kier alpha value is -1.33. The Labute approximate surface area is 127 Å². The molecule has 0 aliphatic carbocycles. The Bertz CT molecular complexity index is 706. The van der Waals surface area contributed by atoms with Gasteiger partial charge in [-0.05, 0) is 42.3 Å². The van der Waals surface area contributed by atoms with Gasteiger partial charge in [0.25, 0.3) is 0 Å². The largest absolute Gasteiger partial charge is 0.494 e. The molecular formula is C15H14BrO3S. The maximum atomic E-state index is 11.6. The number of benzene rings is 2. The molecule has 0 aromatic heterocycles. The number of ether oxygens (including phenoxy) is 1. The molecule has 0 saturated carbocycles. The van der Waals surface area contributed by atoms with Crippen molar-refractivity contribution in [2.24, 2.45) is 0 Å². The molecule has 0 unspecified atom stereocenters. The zero-order valence-corrected chi connectivity index (χ0v) is 13.6. The minimum Gasteiger partial charge on any atom is -0.494 e. The first-order chi connectivity index (χ1) is 9.40. The molecule has 0 fully saturated rings. The fraction of sp³-hybridized carbons (Fsp3) is 0.200. The third-order valence-electron chi connectivity index (χ3n) is 2.68. The number of halogens is 1. The monoisotopic (exact) mass is 353 g/mol. The fourth-order valence-corrected chi connectivity index (χ4v) is 3.01. The maximum absolute atomic E-state index is 11.6. The lowest BCUT2D eigenvalue weighted by Gasteiger charge is -2.07. The van der Waals surface area contributed by atoms with E-state index in [9.17, 15) is 8.42 Å². The van der Waals surface area contributed by atoms with Crippen molar-refractivity contribution in [3.63, 3.8) is 0 Å². The molecular weight excluding hydrogens is 340 g/mol. The Morgan fingerprint density at radius 1 is 1.20 bits per heavy atom. The first-order valence-corrected chi connectivity index (χ1v) is 8.75. The average Bonchev–Trinajstić information content (AvgIpc) is 2.38. The van der Waals surface area contributed by atoms with Crippen LogP contribution in [0.5, 0.6) is 5.75 Å². The van der Waals surface area contributed by atoms with Gasteiger partial charge >= 0.3 is 0 Å². The summed E-state index contributed by atoms with van der Waals surface area (Å²) in [5, 5.41) is 0. The lowest BCUT2D eigenvalue weighted by Crippen LogP contribution is -1.98. The molecule has 0 heterocycles. The second-order valence-corrected chi connectivity index (χ2v) is 7.21. The highest BCUT2D eigenvalue weighted by atomic mass is 79.9. The van der Waals surface area contributed by atoms with Crippen LogP contribution in [0.25, 0.3) is 11.1 Å². The van der Waals surface area contributed by atoms with Crippen LogP contribution in [-0.2, 0) is 9.84 Å². The lowest BCUT2D eigenvalue weighted by molar-refractivity contribution is 0.340. The third-order valence-corrected chi connectivity index (χ3v) is 4.16. The highest BCUT2D eigenvalue weighted by molar-refractivity contribution is 9.10. The molecule has 0 aliphatic rings. The van der Waals surface area contributed by atoms with Crippen molar-refractivity contribution in [1.82, 2.24) is 0 Å². The van der Waals surface area contributed by atoms with Gasteiger partial charge in [0.15, 0.2) is 9.84 Å². The minimum absolute atomic E-state index is 0.177. The number of rotatable bonds is 4. The molecule has 105 valence electrons. The van der Waals surface area contributed by atoms with Crippen LogP contribution in [0.15, 0.2) is 45.8 Å². The van der Waals surface area contributed by atoms with Crippen LogP contribution in [0.2, 0.25) is 0 Å². The Kier molecular flexibility index (Phi) is 4.50. The summed E-state index contributed by atoms with van der Waals surface area (Å²) < 4.78 is 29.4. The molecule has 20 heavy (non-hydrogen) atoms. The third kappa shape index (κ3) is 3.61. The SMILES string of the molecule is CCOc1ccc(-c2[c]c(S(C)(=O)=O)cc(Br)c2)cc1. The summed E-state index contributed by atoms with van der Waals surface area (Å²) in [6, 6.07) is 13.8. The van der Waals surface area contributed by atoms with Crippen LogP contribution < -0.4 is 4.74 Å². The van der Waals surface area contributed by atoms with E-state index in [4.69, 9.17) is 4.74 Å². The summed E-state index contributed by atoms with van der Waals surface area (Å²) in [5.74, 6) is 0.787. The first-order valence-electron chi connectivity index (χ1n) is 6.06. The molecule has 0 amide bonds. The van der Waals surface area contributed by atoms with Gasteiger partial charge in [-0.1, -0.05) is 28.1 Å². The van der Waals surface area contributed by atoms with Crippen LogP contribution in [-0.4, -0.2) is 21.3 Å². The zero-order chi connectivity index (χ0) is 14.8. The van der Waals surface area contributed by atoms with Crippen LogP contribution in [0.3, 0.4) is 0 Å². The number of hydrogen-bond donors (Lipinski definition) is 0. The quantitative estimate of drug-likeness (QED) is 0.841. The summed E-state index contributed by atoms with van der Waals surface area (Å²) in [5.41, 5.74) is 1.61. The van der Waals surface area contributed by atoms with E-state index in [0.29, 0.717) is 11.1 Å². The fourth-order valence-electron chi connectivity index (χ4n) is 1.76. The second kappa shape index (κ2) is 5.97. The van der Waals surface area contributed by atoms with Crippen molar-refractivity contribution in [3.8, 4) is 16.9 Å². The number of sulfone groups is 1. The summed E-state index contributed by atoms with van der Waals surface area (Å²) in [6.07, 6.45) is 1.17. The Morgan fingerprint density at radius 3 is 2.40 bits per heavy atom. The summed E-state index contributed by atoms with van der Waals surface area (Å²) in [6.45, 7) is 2.54. The van der Waals surface area contributed by atoms with E-state index < -0.39 is 9.84 Å². The molecule has 0 N–H and O–H groups in total. The molecule has 0 atom stereocenters. The highest BCUT2D eigenvalue weighted by Crippen LogP contribution is 2.28.